The third-order valence-corrected chi connectivity index (χ3v) is 5.91. The van der Waals surface area contributed by atoms with Crippen LogP contribution in [0.15, 0.2) is 66.2 Å². The van der Waals surface area contributed by atoms with Gasteiger partial charge in [0.2, 0.25) is 0 Å². The van der Waals surface area contributed by atoms with Crippen molar-refractivity contribution in [3.8, 4) is 11.8 Å². The first-order valence-electron chi connectivity index (χ1n) is 9.22. The fourth-order valence-corrected chi connectivity index (χ4v) is 4.82. The van der Waals surface area contributed by atoms with E-state index in [2.05, 4.69) is 50.5 Å². The number of aryl methyl sites for hydroxylation is 1. The Kier molecular flexibility index (Phi) is 8.03. The minimum Gasteiger partial charge on any atom is -0.487 e. The van der Waals surface area contributed by atoms with Crippen LogP contribution in [0.25, 0.3) is 6.08 Å². The SMILES string of the molecule is Cc1ccc(NC(=O)/C(C#N)=C/c2cc(I)c(OCc3ccc(F)cc3)c(I)c2)cc1. The van der Waals surface area contributed by atoms with Crippen molar-refractivity contribution >= 4 is 62.9 Å². The average molecular weight is 638 g/mol. The molecule has 0 aliphatic carbocycles. The van der Waals surface area contributed by atoms with Crippen molar-refractivity contribution < 1.29 is 13.9 Å². The number of nitriles is 1. The first-order valence-corrected chi connectivity index (χ1v) is 11.4. The number of rotatable bonds is 6. The number of nitrogens with one attached hydrogen (secondary N) is 1. The molecule has 3 rings (SSSR count). The van der Waals surface area contributed by atoms with Gasteiger partial charge in [0.1, 0.15) is 29.8 Å². The molecule has 0 heterocycles. The number of carbonyl (C=O) groups excluding carboxylic acids is 1. The van der Waals surface area contributed by atoms with Crippen LogP contribution in [0.1, 0.15) is 16.7 Å². The molecular weight excluding hydrogens is 621 g/mol. The van der Waals surface area contributed by atoms with Crippen molar-refractivity contribution in [1.29, 1.82) is 5.26 Å². The highest BCUT2D eigenvalue weighted by molar-refractivity contribution is 14.1. The van der Waals surface area contributed by atoms with Crippen molar-refractivity contribution in [3.63, 3.8) is 0 Å². The van der Waals surface area contributed by atoms with Crippen LogP contribution < -0.4 is 10.1 Å². The lowest BCUT2D eigenvalue weighted by Crippen LogP contribution is -2.13. The average Bonchev–Trinajstić information content (AvgIpc) is 2.74. The Hall–Kier alpha value is -2.45. The van der Waals surface area contributed by atoms with E-state index in [1.807, 2.05) is 37.3 Å². The zero-order valence-corrected chi connectivity index (χ0v) is 20.8. The number of hydrogen-bond donors (Lipinski definition) is 1. The largest absolute Gasteiger partial charge is 0.487 e. The highest BCUT2D eigenvalue weighted by Crippen LogP contribution is 2.30. The number of halogens is 3. The molecule has 0 fully saturated rings. The maximum atomic E-state index is 13.1. The van der Waals surface area contributed by atoms with Gasteiger partial charge >= 0.3 is 0 Å². The summed E-state index contributed by atoms with van der Waals surface area (Å²) in [6.45, 7) is 2.27. The molecule has 4 nitrogen and oxygen atoms in total. The molecule has 0 atom stereocenters. The second-order valence-corrected chi connectivity index (χ2v) is 9.04. The van der Waals surface area contributed by atoms with Crippen LogP contribution in [0, 0.1) is 31.2 Å². The molecule has 3 aromatic rings. The molecule has 1 amide bonds. The Labute approximate surface area is 207 Å². The molecule has 0 spiro atoms. The van der Waals surface area contributed by atoms with Crippen molar-refractivity contribution in [2.75, 3.05) is 5.32 Å². The molecular formula is C24H17FI2N2O2. The van der Waals surface area contributed by atoms with Crippen LogP contribution in [0.2, 0.25) is 0 Å². The summed E-state index contributed by atoms with van der Waals surface area (Å²) in [6, 6.07) is 19.2. The van der Waals surface area contributed by atoms with E-state index in [1.54, 1.807) is 30.3 Å². The Morgan fingerprint density at radius 2 is 1.71 bits per heavy atom. The van der Waals surface area contributed by atoms with Crippen molar-refractivity contribution in [2.45, 2.75) is 13.5 Å². The molecule has 0 aliphatic heterocycles. The van der Waals surface area contributed by atoms with Gasteiger partial charge in [0.15, 0.2) is 0 Å². The molecule has 0 aromatic heterocycles. The summed E-state index contributed by atoms with van der Waals surface area (Å²) in [7, 11) is 0. The Morgan fingerprint density at radius 3 is 2.29 bits per heavy atom. The second kappa shape index (κ2) is 10.7. The molecule has 156 valence electrons. The normalized spacial score (nSPS) is 11.0. The van der Waals surface area contributed by atoms with Crippen LogP contribution in [0.4, 0.5) is 10.1 Å². The first-order chi connectivity index (χ1) is 14.9. The number of benzene rings is 3. The lowest BCUT2D eigenvalue weighted by Gasteiger charge is -2.12. The van der Waals surface area contributed by atoms with Crippen LogP contribution in [0.3, 0.4) is 0 Å². The molecule has 0 unspecified atom stereocenters. The van der Waals surface area contributed by atoms with Gasteiger partial charge in [-0.1, -0.05) is 29.8 Å². The van der Waals surface area contributed by atoms with Gasteiger partial charge in [0, 0.05) is 5.69 Å². The molecule has 0 radical (unpaired) electrons. The van der Waals surface area contributed by atoms with Crippen LogP contribution in [0.5, 0.6) is 5.75 Å². The topological polar surface area (TPSA) is 62.1 Å². The van der Waals surface area contributed by atoms with Crippen LogP contribution >= 0.6 is 45.2 Å². The van der Waals surface area contributed by atoms with E-state index >= 15 is 0 Å². The summed E-state index contributed by atoms with van der Waals surface area (Å²) in [5.41, 5.74) is 3.30. The first kappa shape index (κ1) is 23.2. The summed E-state index contributed by atoms with van der Waals surface area (Å²) in [5, 5.41) is 12.2. The quantitative estimate of drug-likeness (QED) is 0.192. The van der Waals surface area contributed by atoms with Crippen molar-refractivity contribution in [3.05, 3.63) is 95.9 Å². The summed E-state index contributed by atoms with van der Waals surface area (Å²) in [4.78, 5) is 12.5. The second-order valence-electron chi connectivity index (χ2n) is 6.72. The minimum atomic E-state index is -0.465. The monoisotopic (exact) mass is 638 g/mol. The number of nitrogens with zero attached hydrogens (tertiary/aromatic N) is 1. The highest BCUT2D eigenvalue weighted by atomic mass is 127. The summed E-state index contributed by atoms with van der Waals surface area (Å²) in [6.07, 6.45) is 1.55. The van der Waals surface area contributed by atoms with Crippen LogP contribution in [-0.2, 0) is 11.4 Å². The Bertz CT molecular complexity index is 1140. The van der Waals surface area contributed by atoms with E-state index in [9.17, 15) is 14.4 Å². The van der Waals surface area contributed by atoms with E-state index < -0.39 is 5.91 Å². The number of amides is 1. The van der Waals surface area contributed by atoms with Gasteiger partial charge in [-0.25, -0.2) is 4.39 Å². The van der Waals surface area contributed by atoms with E-state index in [0.29, 0.717) is 18.0 Å². The Morgan fingerprint density at radius 1 is 1.10 bits per heavy atom. The van der Waals surface area contributed by atoms with E-state index in [-0.39, 0.29) is 11.4 Å². The van der Waals surface area contributed by atoms with Gasteiger partial charge in [0.05, 0.1) is 7.14 Å². The molecule has 1 N–H and O–H groups in total. The predicted octanol–water partition coefficient (Wildman–Crippen LogP) is 6.47. The van der Waals surface area contributed by atoms with Gasteiger partial charge in [-0.2, -0.15) is 5.26 Å². The molecule has 31 heavy (non-hydrogen) atoms. The number of ether oxygens (including phenoxy) is 1. The fourth-order valence-electron chi connectivity index (χ4n) is 2.69. The predicted molar refractivity (Wildman–Crippen MR) is 136 cm³/mol. The number of hydrogen-bond acceptors (Lipinski definition) is 3. The molecule has 0 bridgehead atoms. The maximum absolute atomic E-state index is 13.1. The van der Waals surface area contributed by atoms with Gasteiger partial charge in [-0.05, 0) is 106 Å². The molecule has 0 aliphatic rings. The third-order valence-electron chi connectivity index (χ3n) is 4.30. The Balaban J connectivity index is 1.76. The van der Waals surface area contributed by atoms with Gasteiger partial charge in [0.25, 0.3) is 5.91 Å². The van der Waals surface area contributed by atoms with E-state index in [4.69, 9.17) is 4.74 Å². The van der Waals surface area contributed by atoms with Crippen LogP contribution in [-0.4, -0.2) is 5.91 Å². The zero-order valence-electron chi connectivity index (χ0n) is 16.5. The van der Waals surface area contributed by atoms with Gasteiger partial charge in [-0.3, -0.25) is 4.79 Å². The smallest absolute Gasteiger partial charge is 0.266 e. The fraction of sp³-hybridized carbons (Fsp3) is 0.0833. The van der Waals surface area contributed by atoms with E-state index in [0.717, 1.165) is 23.8 Å². The summed E-state index contributed by atoms with van der Waals surface area (Å²) >= 11 is 4.31. The summed E-state index contributed by atoms with van der Waals surface area (Å²) < 4.78 is 20.6. The number of carbonyl (C=O) groups is 1. The lowest BCUT2D eigenvalue weighted by molar-refractivity contribution is -0.112. The molecule has 0 saturated carbocycles. The molecule has 7 heteroatoms. The van der Waals surface area contributed by atoms with E-state index in [1.165, 1.54) is 12.1 Å². The van der Waals surface area contributed by atoms with Crippen molar-refractivity contribution in [1.82, 2.24) is 0 Å². The maximum Gasteiger partial charge on any atom is 0.266 e. The highest BCUT2D eigenvalue weighted by Gasteiger charge is 2.13. The zero-order chi connectivity index (χ0) is 22.4. The lowest BCUT2D eigenvalue weighted by atomic mass is 10.1. The molecule has 0 saturated heterocycles. The minimum absolute atomic E-state index is 0.00663. The third kappa shape index (κ3) is 6.51. The summed E-state index contributed by atoms with van der Waals surface area (Å²) in [5.74, 6) is -0.0536. The number of anilines is 1. The molecule has 3 aromatic carbocycles. The van der Waals surface area contributed by atoms with Gasteiger partial charge in [-0.15, -0.1) is 0 Å². The van der Waals surface area contributed by atoms with Gasteiger partial charge < -0.3 is 10.1 Å². The standard InChI is InChI=1S/C24H17FI2N2O2/c1-15-2-8-20(9-3-15)29-24(30)18(13-28)10-17-11-21(26)23(22(27)12-17)31-14-16-4-6-19(25)7-5-16/h2-12H,14H2,1H3,(H,29,30)/b18-10+. The van der Waals surface area contributed by atoms with Crippen molar-refractivity contribution in [2.24, 2.45) is 0 Å².